The predicted molar refractivity (Wildman–Crippen MR) is 120 cm³/mol. The van der Waals surface area contributed by atoms with E-state index < -0.39 is 0 Å². The van der Waals surface area contributed by atoms with Gasteiger partial charge in [0, 0.05) is 0 Å². The largest absolute Gasteiger partial charge is 0.495 e. The molecule has 0 radical (unpaired) electrons. The van der Waals surface area contributed by atoms with Crippen LogP contribution in [0.3, 0.4) is 0 Å². The number of aromatic nitrogens is 3. The van der Waals surface area contributed by atoms with Gasteiger partial charge in [-0.15, -0.1) is 10.2 Å². The number of hydrogen-bond donors (Lipinski definition) is 1. The highest BCUT2D eigenvalue weighted by molar-refractivity contribution is 7.99. The summed E-state index contributed by atoms with van der Waals surface area (Å²) < 4.78 is 7.24. The van der Waals surface area contributed by atoms with E-state index in [4.69, 9.17) is 4.74 Å². The molecule has 0 saturated carbocycles. The smallest absolute Gasteiger partial charge is 0.230 e. The van der Waals surface area contributed by atoms with Crippen LogP contribution in [-0.4, -0.2) is 33.5 Å². The van der Waals surface area contributed by atoms with E-state index in [0.29, 0.717) is 11.1 Å². The first-order valence-electron chi connectivity index (χ1n) is 10.0. The number of methoxy groups -OCH3 is 1. The van der Waals surface area contributed by atoms with Crippen molar-refractivity contribution >= 4 is 17.7 Å². The van der Waals surface area contributed by atoms with Gasteiger partial charge < -0.3 is 10.1 Å². The van der Waals surface area contributed by atoms with Crippen LogP contribution in [0.5, 0.6) is 5.75 Å². The number of amides is 1. The van der Waals surface area contributed by atoms with Crippen LogP contribution in [0.25, 0.3) is 5.69 Å². The van der Waals surface area contributed by atoms with Gasteiger partial charge in [0.1, 0.15) is 12.1 Å². The molecule has 3 aromatic rings. The highest BCUT2D eigenvalue weighted by Crippen LogP contribution is 2.26. The molecule has 2 aromatic carbocycles. The Kier molecular flexibility index (Phi) is 7.52. The average Bonchev–Trinajstić information content (AvgIpc) is 3.20. The zero-order valence-electron chi connectivity index (χ0n) is 17.8. The van der Waals surface area contributed by atoms with Gasteiger partial charge in [-0.1, -0.05) is 62.0 Å². The van der Waals surface area contributed by atoms with E-state index in [2.05, 4.69) is 53.6 Å². The molecule has 0 aliphatic rings. The van der Waals surface area contributed by atoms with Crippen LogP contribution < -0.4 is 10.1 Å². The second-order valence-corrected chi connectivity index (χ2v) is 8.52. The molecule has 0 unspecified atom stereocenters. The third-order valence-electron chi connectivity index (χ3n) is 4.69. The average molecular weight is 425 g/mol. The normalized spacial score (nSPS) is 12.0. The Morgan fingerprint density at radius 3 is 2.57 bits per heavy atom. The van der Waals surface area contributed by atoms with E-state index in [1.165, 1.54) is 17.3 Å². The number of carbonyl (C=O) groups excluding carboxylic acids is 1. The maximum atomic E-state index is 12.5. The molecule has 6 nitrogen and oxygen atoms in total. The lowest BCUT2D eigenvalue weighted by atomic mass is 10.00. The van der Waals surface area contributed by atoms with Gasteiger partial charge in [0.2, 0.25) is 5.91 Å². The van der Waals surface area contributed by atoms with E-state index in [1.807, 2.05) is 35.8 Å². The molecule has 30 heavy (non-hydrogen) atoms. The van der Waals surface area contributed by atoms with Crippen LogP contribution in [0.2, 0.25) is 0 Å². The number of carbonyl (C=O) groups is 1. The summed E-state index contributed by atoms with van der Waals surface area (Å²) in [5.74, 6) is 1.55. The van der Waals surface area contributed by atoms with Crippen molar-refractivity contribution in [2.24, 2.45) is 5.92 Å². The molecule has 0 aliphatic carbocycles. The molecule has 3 rings (SSSR count). The van der Waals surface area contributed by atoms with E-state index in [9.17, 15) is 4.79 Å². The van der Waals surface area contributed by atoms with Crippen molar-refractivity contribution in [1.82, 2.24) is 20.1 Å². The maximum Gasteiger partial charge on any atom is 0.230 e. The summed E-state index contributed by atoms with van der Waals surface area (Å²) >= 11 is 1.34. The second kappa shape index (κ2) is 10.3. The van der Waals surface area contributed by atoms with E-state index in [0.717, 1.165) is 23.4 Å². The quantitative estimate of drug-likeness (QED) is 0.514. The minimum atomic E-state index is -0.0571. The van der Waals surface area contributed by atoms with Crippen LogP contribution in [0.1, 0.15) is 37.9 Å². The van der Waals surface area contributed by atoms with Gasteiger partial charge in [0.25, 0.3) is 0 Å². The van der Waals surface area contributed by atoms with Crippen molar-refractivity contribution in [2.45, 2.75) is 38.4 Å². The third kappa shape index (κ3) is 5.63. The first kappa shape index (κ1) is 21.9. The molecule has 1 atom stereocenters. The summed E-state index contributed by atoms with van der Waals surface area (Å²) in [5.41, 5.74) is 3.25. The van der Waals surface area contributed by atoms with Crippen LogP contribution in [0, 0.1) is 5.92 Å². The highest BCUT2D eigenvalue weighted by Gasteiger charge is 2.15. The van der Waals surface area contributed by atoms with Gasteiger partial charge in [0.05, 0.1) is 24.6 Å². The van der Waals surface area contributed by atoms with Gasteiger partial charge >= 0.3 is 0 Å². The minimum absolute atomic E-state index is 0.0478. The van der Waals surface area contributed by atoms with Gasteiger partial charge in [-0.25, -0.2) is 0 Å². The van der Waals surface area contributed by atoms with E-state index in [-0.39, 0.29) is 17.7 Å². The molecule has 1 heterocycles. The second-order valence-electron chi connectivity index (χ2n) is 7.57. The molecule has 1 N–H and O–H groups in total. The Hall–Kier alpha value is -2.80. The molecule has 0 fully saturated rings. The molecule has 0 saturated heterocycles. The van der Waals surface area contributed by atoms with Crippen LogP contribution in [0.15, 0.2) is 60.0 Å². The zero-order valence-corrected chi connectivity index (χ0v) is 18.6. The van der Waals surface area contributed by atoms with Gasteiger partial charge in [-0.2, -0.15) is 0 Å². The molecular weight excluding hydrogens is 396 g/mol. The van der Waals surface area contributed by atoms with Crippen molar-refractivity contribution < 1.29 is 9.53 Å². The van der Waals surface area contributed by atoms with Crippen molar-refractivity contribution in [3.8, 4) is 11.4 Å². The fourth-order valence-electron chi connectivity index (χ4n) is 3.23. The van der Waals surface area contributed by atoms with Crippen LogP contribution in [0.4, 0.5) is 0 Å². The molecular formula is C23H28N4O2S. The lowest BCUT2D eigenvalue weighted by molar-refractivity contribution is -0.119. The first-order chi connectivity index (χ1) is 14.5. The Bertz CT molecular complexity index is 969. The highest BCUT2D eigenvalue weighted by atomic mass is 32.2. The van der Waals surface area contributed by atoms with Crippen LogP contribution in [-0.2, 0) is 11.2 Å². The molecule has 0 spiro atoms. The Morgan fingerprint density at radius 2 is 1.87 bits per heavy atom. The number of nitrogens with zero attached hydrogens (tertiary/aromatic N) is 3. The number of para-hydroxylation sites is 2. The monoisotopic (exact) mass is 424 g/mol. The van der Waals surface area contributed by atoms with Crippen molar-refractivity contribution in [3.05, 3.63) is 66.0 Å². The summed E-state index contributed by atoms with van der Waals surface area (Å²) in [4.78, 5) is 12.5. The Morgan fingerprint density at radius 1 is 1.13 bits per heavy atom. The number of nitrogens with one attached hydrogen (secondary N) is 1. The standard InChI is InChI=1S/C23H28N4O2S/c1-16(2)13-18-9-11-19(12-10-18)17(3)25-22(28)14-30-23-26-24-15-27(23)20-7-5-6-8-21(20)29-4/h5-12,15-17H,13-14H2,1-4H3,(H,25,28)/t17-/m0/s1. The summed E-state index contributed by atoms with van der Waals surface area (Å²) in [7, 11) is 1.63. The molecule has 1 aromatic heterocycles. The van der Waals surface area contributed by atoms with Gasteiger partial charge in [-0.05, 0) is 42.5 Å². The molecule has 7 heteroatoms. The minimum Gasteiger partial charge on any atom is -0.495 e. The maximum absolute atomic E-state index is 12.5. The molecule has 0 aliphatic heterocycles. The van der Waals surface area contributed by atoms with Gasteiger partial charge in [0.15, 0.2) is 5.16 Å². The number of hydrogen-bond acceptors (Lipinski definition) is 5. The topological polar surface area (TPSA) is 69.0 Å². The molecule has 1 amide bonds. The Labute approximate surface area is 182 Å². The predicted octanol–water partition coefficient (Wildman–Crippen LogP) is 4.44. The van der Waals surface area contributed by atoms with Crippen LogP contribution >= 0.6 is 11.8 Å². The fraction of sp³-hybridized carbons (Fsp3) is 0.348. The van der Waals surface area contributed by atoms with Crippen molar-refractivity contribution in [2.75, 3.05) is 12.9 Å². The lowest BCUT2D eigenvalue weighted by Crippen LogP contribution is -2.28. The summed E-state index contributed by atoms with van der Waals surface area (Å²) in [6, 6.07) is 16.0. The fourth-order valence-corrected chi connectivity index (χ4v) is 3.96. The molecule has 158 valence electrons. The van der Waals surface area contributed by atoms with Crippen molar-refractivity contribution in [3.63, 3.8) is 0 Å². The van der Waals surface area contributed by atoms with Crippen molar-refractivity contribution in [1.29, 1.82) is 0 Å². The van der Waals surface area contributed by atoms with Gasteiger partial charge in [-0.3, -0.25) is 9.36 Å². The van der Waals surface area contributed by atoms with E-state index >= 15 is 0 Å². The number of thioether (sulfide) groups is 1. The number of benzene rings is 2. The van der Waals surface area contributed by atoms with E-state index in [1.54, 1.807) is 13.4 Å². The molecule has 0 bridgehead atoms. The number of ether oxygens (including phenoxy) is 1. The number of rotatable bonds is 9. The third-order valence-corrected chi connectivity index (χ3v) is 5.64. The summed E-state index contributed by atoms with van der Waals surface area (Å²) in [6.07, 6.45) is 2.68. The SMILES string of the molecule is COc1ccccc1-n1cnnc1SCC(=O)N[C@@H](C)c1ccc(CC(C)C)cc1. The first-order valence-corrected chi connectivity index (χ1v) is 11.0. The lowest BCUT2D eigenvalue weighted by Gasteiger charge is -2.15. The summed E-state index contributed by atoms with van der Waals surface area (Å²) in [5, 5.41) is 11.8. The summed E-state index contributed by atoms with van der Waals surface area (Å²) in [6.45, 7) is 6.42. The Balaban J connectivity index is 1.58. The zero-order chi connectivity index (χ0) is 21.5.